The third-order valence-corrected chi connectivity index (χ3v) is 7.90. The first-order chi connectivity index (χ1) is 13.1. The van der Waals surface area contributed by atoms with Crippen molar-refractivity contribution < 1.29 is 0 Å². The van der Waals surface area contributed by atoms with Gasteiger partial charge in [0, 0.05) is 4.88 Å². The first kappa shape index (κ1) is 19.2. The van der Waals surface area contributed by atoms with Crippen LogP contribution in [0.3, 0.4) is 0 Å². The monoisotopic (exact) mass is 468 g/mol. The second kappa shape index (κ2) is 8.46. The van der Waals surface area contributed by atoms with E-state index in [-0.39, 0.29) is 0 Å². The van der Waals surface area contributed by atoms with Crippen molar-refractivity contribution in [3.8, 4) is 0 Å². The Labute approximate surface area is 182 Å². The Bertz CT molecular complexity index is 1130. The van der Waals surface area contributed by atoms with Crippen molar-refractivity contribution in [1.82, 2.24) is 20.2 Å². The van der Waals surface area contributed by atoms with Gasteiger partial charge in [-0.25, -0.2) is 9.97 Å². The van der Waals surface area contributed by atoms with Gasteiger partial charge in [0.05, 0.1) is 26.8 Å². The van der Waals surface area contributed by atoms with Crippen LogP contribution in [0.4, 0.5) is 0 Å². The summed E-state index contributed by atoms with van der Waals surface area (Å²) in [5.74, 6) is 0. The van der Waals surface area contributed by atoms with E-state index in [4.69, 9.17) is 33.2 Å². The summed E-state index contributed by atoms with van der Waals surface area (Å²) in [6.07, 6.45) is 5.96. The van der Waals surface area contributed by atoms with E-state index in [9.17, 15) is 0 Å². The summed E-state index contributed by atoms with van der Waals surface area (Å²) in [6, 6.07) is 7.53. The fourth-order valence-corrected chi connectivity index (χ4v) is 5.53. The van der Waals surface area contributed by atoms with Gasteiger partial charge in [0.15, 0.2) is 8.68 Å². The van der Waals surface area contributed by atoms with Crippen LogP contribution in [-0.4, -0.2) is 26.4 Å². The van der Waals surface area contributed by atoms with Crippen LogP contribution in [-0.2, 0) is 0 Å². The molecule has 3 aromatic heterocycles. The molecule has 0 aliphatic heterocycles. The van der Waals surface area contributed by atoms with Crippen molar-refractivity contribution in [3.05, 3.63) is 50.3 Å². The maximum Gasteiger partial charge on any atom is 0.181 e. The molecule has 0 aliphatic carbocycles. The molecule has 0 unspecified atom stereocenters. The van der Waals surface area contributed by atoms with Crippen LogP contribution in [0.1, 0.15) is 10.6 Å². The molecule has 0 fully saturated rings. The zero-order chi connectivity index (χ0) is 18.8. The van der Waals surface area contributed by atoms with Crippen LogP contribution >= 0.6 is 69.4 Å². The summed E-state index contributed by atoms with van der Waals surface area (Å²) in [7, 11) is 0. The fraction of sp³-hybridized carbons (Fsp3) is 0.0588. The summed E-state index contributed by atoms with van der Waals surface area (Å²) in [5, 5.41) is 12.1. The van der Waals surface area contributed by atoms with E-state index in [1.165, 1.54) is 23.1 Å². The van der Waals surface area contributed by atoms with Crippen LogP contribution in [0.5, 0.6) is 0 Å². The zero-order valence-electron chi connectivity index (χ0n) is 13.7. The molecule has 0 saturated carbocycles. The van der Waals surface area contributed by atoms with Crippen LogP contribution in [0, 0.1) is 0 Å². The minimum absolute atomic E-state index is 0.455. The Morgan fingerprint density at radius 1 is 1.00 bits per heavy atom. The third kappa shape index (κ3) is 4.47. The maximum atomic E-state index is 6.15. The second-order valence-electron chi connectivity index (χ2n) is 5.16. The molecule has 0 N–H and O–H groups in total. The highest BCUT2D eigenvalue weighted by Gasteiger charge is 2.13. The predicted octanol–water partition coefficient (Wildman–Crippen LogP) is 6.89. The van der Waals surface area contributed by atoms with E-state index < -0.39 is 0 Å². The van der Waals surface area contributed by atoms with Gasteiger partial charge in [0.25, 0.3) is 0 Å². The van der Waals surface area contributed by atoms with Gasteiger partial charge in [-0.3, -0.25) is 0 Å². The Kier molecular flexibility index (Phi) is 6.01. The molecular weight excluding hydrogens is 459 g/mol. The van der Waals surface area contributed by atoms with Crippen LogP contribution in [0.2, 0.25) is 10.0 Å². The lowest BCUT2D eigenvalue weighted by Crippen LogP contribution is -1.93. The smallest absolute Gasteiger partial charge is 0.181 e. The standard InChI is InChI=1S/C17H10Cl2N4S4/c1-24-16-22-23-17(27-16)26-15-12(5-4-9-3-2-6-25-9)20-13-7-10(18)11(19)8-14(13)21-15/h2-8H,1H3/b5-4+. The highest BCUT2D eigenvalue weighted by molar-refractivity contribution is 8.03. The summed E-state index contributed by atoms with van der Waals surface area (Å²) >= 11 is 18.5. The third-order valence-electron chi connectivity index (χ3n) is 3.39. The second-order valence-corrected chi connectivity index (χ2v) is 10.2. The SMILES string of the molecule is CSc1nnc(Sc2nc3cc(Cl)c(Cl)cc3nc2/C=C/c2cccs2)s1. The number of halogens is 2. The van der Waals surface area contributed by atoms with E-state index in [2.05, 4.69) is 16.3 Å². The molecule has 4 nitrogen and oxygen atoms in total. The summed E-state index contributed by atoms with van der Waals surface area (Å²) in [5.41, 5.74) is 2.14. The Hall–Kier alpha value is -1.16. The van der Waals surface area contributed by atoms with Gasteiger partial charge < -0.3 is 0 Å². The lowest BCUT2D eigenvalue weighted by atomic mass is 10.2. The van der Waals surface area contributed by atoms with Crippen LogP contribution < -0.4 is 0 Å². The summed E-state index contributed by atoms with van der Waals surface area (Å²) in [6.45, 7) is 0. The molecule has 0 bridgehead atoms. The van der Waals surface area contributed by atoms with Crippen molar-refractivity contribution >= 4 is 92.6 Å². The van der Waals surface area contributed by atoms with Crippen molar-refractivity contribution in [1.29, 1.82) is 0 Å². The zero-order valence-corrected chi connectivity index (χ0v) is 18.5. The molecule has 0 atom stereocenters. The number of rotatable bonds is 5. The lowest BCUT2D eigenvalue weighted by Gasteiger charge is -2.06. The van der Waals surface area contributed by atoms with Crippen molar-refractivity contribution in [2.24, 2.45) is 0 Å². The Balaban J connectivity index is 1.79. The molecule has 3 heterocycles. The van der Waals surface area contributed by atoms with E-state index in [1.807, 2.05) is 29.9 Å². The van der Waals surface area contributed by atoms with Gasteiger partial charge in [-0.15, -0.1) is 21.5 Å². The highest BCUT2D eigenvalue weighted by atomic mass is 35.5. The largest absolute Gasteiger partial charge is 0.244 e. The number of nitrogens with zero attached hydrogens (tertiary/aromatic N) is 4. The van der Waals surface area contributed by atoms with Gasteiger partial charge in [-0.05, 0) is 53.7 Å². The van der Waals surface area contributed by atoms with Gasteiger partial charge in [-0.2, -0.15) is 0 Å². The number of aromatic nitrogens is 4. The summed E-state index contributed by atoms with van der Waals surface area (Å²) in [4.78, 5) is 10.6. The Morgan fingerprint density at radius 3 is 2.41 bits per heavy atom. The van der Waals surface area contributed by atoms with Crippen LogP contribution in [0.25, 0.3) is 23.2 Å². The molecule has 0 aliphatic rings. The number of thiophene rings is 1. The minimum Gasteiger partial charge on any atom is -0.244 e. The van der Waals surface area contributed by atoms with E-state index >= 15 is 0 Å². The average Bonchev–Trinajstić information content (AvgIpc) is 3.33. The van der Waals surface area contributed by atoms with Gasteiger partial charge in [-0.1, -0.05) is 52.4 Å². The van der Waals surface area contributed by atoms with Gasteiger partial charge in [0.2, 0.25) is 0 Å². The molecule has 4 rings (SSSR count). The molecular formula is C17H10Cl2N4S4. The number of fused-ring (bicyclic) bond motifs is 1. The van der Waals surface area contributed by atoms with Crippen molar-refractivity contribution in [2.45, 2.75) is 13.7 Å². The first-order valence-corrected chi connectivity index (χ1v) is 12.1. The molecule has 10 heteroatoms. The van der Waals surface area contributed by atoms with E-state index in [0.29, 0.717) is 21.1 Å². The molecule has 0 saturated heterocycles. The van der Waals surface area contributed by atoms with Crippen LogP contribution in [0.15, 0.2) is 43.4 Å². The molecule has 136 valence electrons. The molecule has 0 spiro atoms. The number of thioether (sulfide) groups is 1. The van der Waals surface area contributed by atoms with Gasteiger partial charge in [0.1, 0.15) is 5.03 Å². The first-order valence-electron chi connectivity index (χ1n) is 7.56. The normalized spacial score (nSPS) is 11.7. The number of hydrogen-bond donors (Lipinski definition) is 0. The lowest BCUT2D eigenvalue weighted by molar-refractivity contribution is 0.953. The quantitative estimate of drug-likeness (QED) is 0.297. The highest BCUT2D eigenvalue weighted by Crippen LogP contribution is 2.35. The van der Waals surface area contributed by atoms with Gasteiger partial charge >= 0.3 is 0 Å². The van der Waals surface area contributed by atoms with E-state index in [0.717, 1.165) is 24.3 Å². The fourth-order valence-electron chi connectivity index (χ4n) is 2.18. The number of hydrogen-bond acceptors (Lipinski definition) is 8. The predicted molar refractivity (Wildman–Crippen MR) is 119 cm³/mol. The maximum absolute atomic E-state index is 6.15. The van der Waals surface area contributed by atoms with Crippen molar-refractivity contribution in [3.63, 3.8) is 0 Å². The Morgan fingerprint density at radius 2 is 1.74 bits per heavy atom. The topological polar surface area (TPSA) is 51.6 Å². The number of benzene rings is 1. The molecule has 1 aromatic carbocycles. The average molecular weight is 469 g/mol. The minimum atomic E-state index is 0.455. The molecule has 27 heavy (non-hydrogen) atoms. The molecule has 0 radical (unpaired) electrons. The molecule has 4 aromatic rings. The van der Waals surface area contributed by atoms with E-state index in [1.54, 1.807) is 35.2 Å². The summed E-state index contributed by atoms with van der Waals surface area (Å²) < 4.78 is 1.73. The van der Waals surface area contributed by atoms with Crippen molar-refractivity contribution in [2.75, 3.05) is 6.26 Å². The molecule has 0 amide bonds.